The van der Waals surface area contributed by atoms with Crippen molar-refractivity contribution < 1.29 is 4.74 Å². The number of nitrogens with one attached hydrogen (secondary N) is 1. The van der Waals surface area contributed by atoms with E-state index >= 15 is 0 Å². The molecule has 2 aliphatic heterocycles. The molecule has 0 radical (unpaired) electrons. The van der Waals surface area contributed by atoms with Gasteiger partial charge in [-0.25, -0.2) is 0 Å². The van der Waals surface area contributed by atoms with Gasteiger partial charge in [0.25, 0.3) is 0 Å². The predicted octanol–water partition coefficient (Wildman–Crippen LogP) is 14.1. The maximum Gasteiger partial charge on any atom is 0.146 e. The zero-order chi connectivity index (χ0) is 40.0. The van der Waals surface area contributed by atoms with Gasteiger partial charge in [0.2, 0.25) is 0 Å². The van der Waals surface area contributed by atoms with Gasteiger partial charge in [0.05, 0.1) is 27.8 Å². The Hall–Kier alpha value is -8.15. The molecule has 1 N–H and O–H groups in total. The van der Waals surface area contributed by atoms with Crippen LogP contribution in [0.1, 0.15) is 17.3 Å². The van der Waals surface area contributed by atoms with Crippen LogP contribution in [0.15, 0.2) is 211 Å². The number of allylic oxidation sites excluding steroid dienone is 1. The summed E-state index contributed by atoms with van der Waals surface area (Å²) in [5.41, 5.74) is 13.4. The minimum atomic E-state index is -0.254. The number of aliphatic imine (C=N–C) groups is 1. The molecule has 5 heteroatoms. The largest absolute Gasteiger partial charge is 0.456 e. The molecule has 286 valence electrons. The molecule has 4 heterocycles. The second-order valence-corrected chi connectivity index (χ2v) is 15.9. The Labute approximate surface area is 351 Å². The molecule has 0 bridgehead atoms. The van der Waals surface area contributed by atoms with Crippen molar-refractivity contribution in [1.29, 1.82) is 0 Å². The van der Waals surface area contributed by atoms with Gasteiger partial charge in [-0.3, -0.25) is 9.56 Å². The minimum Gasteiger partial charge on any atom is -0.456 e. The normalized spacial score (nSPS) is 14.5. The summed E-state index contributed by atoms with van der Waals surface area (Å²) in [4.78, 5) is 5.24. The third-order valence-electron chi connectivity index (χ3n) is 12.5. The molecule has 11 aromatic rings. The fourth-order valence-corrected chi connectivity index (χ4v) is 9.91. The molecule has 0 saturated carbocycles. The van der Waals surface area contributed by atoms with Crippen LogP contribution in [0.25, 0.3) is 88.1 Å². The Bertz CT molecular complexity index is 3640. The average Bonchev–Trinajstić information content (AvgIpc) is 3.85. The van der Waals surface area contributed by atoms with Crippen molar-refractivity contribution in [2.24, 2.45) is 4.99 Å². The summed E-state index contributed by atoms with van der Waals surface area (Å²) in [6, 6.07) is 71.5. The predicted molar refractivity (Wildman–Crippen MR) is 252 cm³/mol. The summed E-state index contributed by atoms with van der Waals surface area (Å²) >= 11 is 0. The molecule has 0 amide bonds. The highest BCUT2D eigenvalue weighted by atomic mass is 16.5. The van der Waals surface area contributed by atoms with Crippen LogP contribution in [0.5, 0.6) is 11.5 Å². The van der Waals surface area contributed by atoms with E-state index < -0.39 is 0 Å². The van der Waals surface area contributed by atoms with Crippen molar-refractivity contribution in [1.82, 2.24) is 14.5 Å². The van der Waals surface area contributed by atoms with E-state index in [1.807, 2.05) is 6.07 Å². The Morgan fingerprint density at radius 2 is 1.10 bits per heavy atom. The molecule has 9 aromatic carbocycles. The molecule has 2 aromatic heterocycles. The fourth-order valence-electron chi connectivity index (χ4n) is 9.91. The highest BCUT2D eigenvalue weighted by Crippen LogP contribution is 2.51. The molecule has 13 rings (SSSR count). The van der Waals surface area contributed by atoms with Crippen LogP contribution in [-0.2, 0) is 0 Å². The SMILES string of the molecule is C1=C(n2c3ccccc3c3c(-c4ccc5c(c4)c4c6cccc7c6c(cc4n5-c4ccccc4)Oc4ccccc4-7)cccc32)NC(c2ccccc2)N=C1c1ccccc1. The van der Waals surface area contributed by atoms with E-state index in [1.165, 1.54) is 38.1 Å². The van der Waals surface area contributed by atoms with Crippen LogP contribution in [0, 0.1) is 0 Å². The summed E-state index contributed by atoms with van der Waals surface area (Å²) < 4.78 is 11.5. The first-order valence-electron chi connectivity index (χ1n) is 20.8. The van der Waals surface area contributed by atoms with Crippen molar-refractivity contribution in [3.63, 3.8) is 0 Å². The molecule has 0 fully saturated rings. The number of benzene rings is 9. The van der Waals surface area contributed by atoms with Crippen molar-refractivity contribution in [2.45, 2.75) is 6.17 Å². The number of hydrogen-bond donors (Lipinski definition) is 1. The van der Waals surface area contributed by atoms with E-state index in [9.17, 15) is 0 Å². The second kappa shape index (κ2) is 13.2. The van der Waals surface area contributed by atoms with Gasteiger partial charge in [-0.15, -0.1) is 0 Å². The molecule has 0 saturated heterocycles. The summed E-state index contributed by atoms with van der Waals surface area (Å²) in [6.07, 6.45) is 1.94. The number of aromatic nitrogens is 2. The van der Waals surface area contributed by atoms with Crippen molar-refractivity contribution in [3.05, 3.63) is 217 Å². The number of nitrogens with zero attached hydrogens (tertiary/aromatic N) is 3. The summed E-state index contributed by atoms with van der Waals surface area (Å²) in [7, 11) is 0. The van der Waals surface area contributed by atoms with Gasteiger partial charge in [-0.2, -0.15) is 0 Å². The molecular weight excluding hydrogens is 745 g/mol. The quantitative estimate of drug-likeness (QED) is 0.189. The zero-order valence-corrected chi connectivity index (χ0v) is 33.0. The number of ether oxygens (including phenoxy) is 1. The van der Waals surface area contributed by atoms with E-state index in [2.05, 4.69) is 215 Å². The highest BCUT2D eigenvalue weighted by Gasteiger charge is 2.27. The van der Waals surface area contributed by atoms with E-state index in [-0.39, 0.29) is 6.17 Å². The van der Waals surface area contributed by atoms with Crippen LogP contribution in [0.3, 0.4) is 0 Å². The van der Waals surface area contributed by atoms with Crippen LogP contribution >= 0.6 is 0 Å². The van der Waals surface area contributed by atoms with Gasteiger partial charge in [0.15, 0.2) is 0 Å². The molecular formula is C56H36N4O. The maximum absolute atomic E-state index is 6.71. The third-order valence-corrected chi connectivity index (χ3v) is 12.5. The lowest BCUT2D eigenvalue weighted by Crippen LogP contribution is -2.27. The van der Waals surface area contributed by atoms with Crippen LogP contribution in [-0.4, -0.2) is 14.8 Å². The van der Waals surface area contributed by atoms with Crippen molar-refractivity contribution in [2.75, 3.05) is 0 Å². The first-order chi connectivity index (χ1) is 30.3. The van der Waals surface area contributed by atoms with Crippen LogP contribution in [0.2, 0.25) is 0 Å². The van der Waals surface area contributed by atoms with E-state index in [0.717, 1.165) is 78.4 Å². The van der Waals surface area contributed by atoms with Gasteiger partial charge < -0.3 is 14.6 Å². The molecule has 0 aliphatic carbocycles. The Kier molecular flexibility index (Phi) is 7.30. The second-order valence-electron chi connectivity index (χ2n) is 15.9. The summed E-state index contributed by atoms with van der Waals surface area (Å²) in [5, 5.41) is 11.0. The van der Waals surface area contributed by atoms with Gasteiger partial charge in [-0.1, -0.05) is 152 Å². The molecule has 0 spiro atoms. The van der Waals surface area contributed by atoms with Crippen molar-refractivity contribution in [3.8, 4) is 39.4 Å². The monoisotopic (exact) mass is 780 g/mol. The molecule has 1 unspecified atom stereocenters. The van der Waals surface area contributed by atoms with Crippen molar-refractivity contribution >= 4 is 65.9 Å². The third kappa shape index (κ3) is 5.11. The zero-order valence-electron chi connectivity index (χ0n) is 33.0. The van der Waals surface area contributed by atoms with E-state index in [1.54, 1.807) is 0 Å². The smallest absolute Gasteiger partial charge is 0.146 e. The number of hydrogen-bond acceptors (Lipinski definition) is 3. The Morgan fingerprint density at radius 1 is 0.426 bits per heavy atom. The molecule has 5 nitrogen and oxygen atoms in total. The van der Waals surface area contributed by atoms with Gasteiger partial charge in [0, 0.05) is 50.3 Å². The van der Waals surface area contributed by atoms with Crippen LogP contribution in [0.4, 0.5) is 0 Å². The van der Waals surface area contributed by atoms with Gasteiger partial charge in [0.1, 0.15) is 23.5 Å². The van der Waals surface area contributed by atoms with Gasteiger partial charge >= 0.3 is 0 Å². The lowest BCUT2D eigenvalue weighted by Gasteiger charge is -2.26. The average molecular weight is 781 g/mol. The minimum absolute atomic E-state index is 0.254. The topological polar surface area (TPSA) is 43.5 Å². The van der Waals surface area contributed by atoms with Gasteiger partial charge in [-0.05, 0) is 75.7 Å². The molecule has 2 aliphatic rings. The van der Waals surface area contributed by atoms with Crippen LogP contribution < -0.4 is 10.1 Å². The first-order valence-corrected chi connectivity index (χ1v) is 20.8. The highest BCUT2D eigenvalue weighted by molar-refractivity contribution is 6.26. The Morgan fingerprint density at radius 3 is 1.97 bits per heavy atom. The van der Waals surface area contributed by atoms with E-state index in [4.69, 9.17) is 9.73 Å². The summed E-state index contributed by atoms with van der Waals surface area (Å²) in [6.45, 7) is 0. The number of para-hydroxylation sites is 3. The fraction of sp³-hybridized carbons (Fsp3) is 0.0179. The molecule has 1 atom stereocenters. The first kappa shape index (κ1) is 33.8. The standard InChI is InChI=1S/C56H36N4O/c1-4-16-35(17-5-1)45-33-52(58-56(57-45)36-18-6-2-7-19-36)60-46-27-12-10-23-42(46)53-39(24-15-28-48(53)60)37-30-31-47-44(32-37)54-43-26-14-25-41-40-22-11-13-29-50(40)61-51(55(41)43)34-49(54)59(47)38-20-8-3-9-21-38/h1-34,56,58H. The Balaban J connectivity index is 1.06. The van der Waals surface area contributed by atoms with E-state index in [0.29, 0.717) is 0 Å². The number of rotatable bonds is 5. The lowest BCUT2D eigenvalue weighted by molar-refractivity contribution is 0.487. The summed E-state index contributed by atoms with van der Waals surface area (Å²) in [5.74, 6) is 2.75. The molecule has 61 heavy (non-hydrogen) atoms. The number of fused-ring (bicyclic) bond motifs is 9. The lowest BCUT2D eigenvalue weighted by atomic mass is 9.92. The maximum atomic E-state index is 6.71.